The highest BCUT2D eigenvalue weighted by Gasteiger charge is 2.04. The van der Waals surface area contributed by atoms with Gasteiger partial charge in [0.2, 0.25) is 0 Å². The number of hydrazine groups is 1. The van der Waals surface area contributed by atoms with Gasteiger partial charge < -0.3 is 4.98 Å². The molecule has 2 rings (SSSR count). The largest absolute Gasteiger partial charge is 0.341 e. The van der Waals surface area contributed by atoms with Crippen LogP contribution in [0.1, 0.15) is 16.1 Å². The Labute approximate surface area is 92.9 Å². The molecule has 0 atom stereocenters. The molecule has 0 saturated carbocycles. The van der Waals surface area contributed by atoms with Crippen LogP contribution in [0.25, 0.3) is 0 Å². The summed E-state index contributed by atoms with van der Waals surface area (Å²) in [6, 6.07) is 7.71. The van der Waals surface area contributed by atoms with Crippen LogP contribution in [0, 0.1) is 6.92 Å². The number of carbonyl (C=O) groups is 1. The van der Waals surface area contributed by atoms with Crippen molar-refractivity contribution in [2.75, 3.05) is 5.43 Å². The fraction of sp³-hybridized carbons (Fsp3) is 0.0909. The molecule has 2 aromatic rings. The zero-order chi connectivity index (χ0) is 11.4. The summed E-state index contributed by atoms with van der Waals surface area (Å²) in [4.78, 5) is 18.0. The summed E-state index contributed by atoms with van der Waals surface area (Å²) in [7, 11) is 0. The van der Waals surface area contributed by atoms with Gasteiger partial charge in [0.15, 0.2) is 0 Å². The minimum atomic E-state index is -0.252. The van der Waals surface area contributed by atoms with Crippen LogP contribution in [0.4, 0.5) is 5.69 Å². The Kier molecular flexibility index (Phi) is 2.86. The van der Waals surface area contributed by atoms with Gasteiger partial charge in [0.05, 0.1) is 18.2 Å². The van der Waals surface area contributed by atoms with Crippen molar-refractivity contribution < 1.29 is 4.79 Å². The molecule has 0 saturated heterocycles. The first kappa shape index (κ1) is 10.2. The second kappa shape index (κ2) is 4.48. The molecule has 5 nitrogen and oxygen atoms in total. The molecule has 1 amide bonds. The van der Waals surface area contributed by atoms with E-state index < -0.39 is 0 Å². The van der Waals surface area contributed by atoms with E-state index in [1.165, 1.54) is 18.1 Å². The fourth-order valence-electron chi connectivity index (χ4n) is 1.21. The van der Waals surface area contributed by atoms with E-state index in [1.807, 2.05) is 31.2 Å². The number of hydrogen-bond acceptors (Lipinski definition) is 3. The molecule has 16 heavy (non-hydrogen) atoms. The molecule has 82 valence electrons. The Morgan fingerprint density at radius 3 is 2.69 bits per heavy atom. The van der Waals surface area contributed by atoms with E-state index in [4.69, 9.17) is 0 Å². The van der Waals surface area contributed by atoms with Crippen molar-refractivity contribution in [1.82, 2.24) is 15.4 Å². The lowest BCUT2D eigenvalue weighted by Gasteiger charge is -2.07. The highest BCUT2D eigenvalue weighted by atomic mass is 16.2. The van der Waals surface area contributed by atoms with Crippen molar-refractivity contribution in [2.24, 2.45) is 0 Å². The van der Waals surface area contributed by atoms with Gasteiger partial charge in [-0.3, -0.25) is 15.6 Å². The quantitative estimate of drug-likeness (QED) is 0.680. The predicted octanol–water partition coefficient (Wildman–Crippen LogP) is 1.48. The first-order chi connectivity index (χ1) is 7.75. The number of anilines is 1. The summed E-state index contributed by atoms with van der Waals surface area (Å²) in [6.45, 7) is 2.01. The van der Waals surface area contributed by atoms with E-state index >= 15 is 0 Å². The monoisotopic (exact) mass is 216 g/mol. The second-order valence-corrected chi connectivity index (χ2v) is 3.41. The van der Waals surface area contributed by atoms with E-state index in [2.05, 4.69) is 20.8 Å². The van der Waals surface area contributed by atoms with Crippen molar-refractivity contribution in [3.8, 4) is 0 Å². The Morgan fingerprint density at radius 2 is 2.06 bits per heavy atom. The Hall–Kier alpha value is -2.30. The average molecular weight is 216 g/mol. The number of aromatic nitrogens is 2. The number of aryl methyl sites for hydroxylation is 1. The molecule has 0 radical (unpaired) electrons. The zero-order valence-corrected chi connectivity index (χ0v) is 8.82. The van der Waals surface area contributed by atoms with Crippen LogP contribution in [0.2, 0.25) is 0 Å². The number of rotatable bonds is 3. The van der Waals surface area contributed by atoms with Crippen LogP contribution in [-0.2, 0) is 0 Å². The molecule has 0 aliphatic heterocycles. The molecule has 3 N–H and O–H groups in total. The summed E-state index contributed by atoms with van der Waals surface area (Å²) in [5, 5.41) is 0. The van der Waals surface area contributed by atoms with E-state index in [0.717, 1.165) is 5.69 Å². The molecule has 0 unspecified atom stereocenters. The number of H-pyrrole nitrogens is 1. The molecular formula is C11H12N4O. The molecule has 0 aliphatic carbocycles. The summed E-state index contributed by atoms with van der Waals surface area (Å²) in [6.07, 6.45) is 2.92. The molecule has 1 aromatic heterocycles. The number of benzene rings is 1. The highest BCUT2D eigenvalue weighted by Crippen LogP contribution is 2.06. The maximum Gasteiger partial charge on any atom is 0.287 e. The lowest BCUT2D eigenvalue weighted by atomic mass is 10.2. The summed E-state index contributed by atoms with van der Waals surface area (Å²) in [5.74, 6) is -0.252. The zero-order valence-electron chi connectivity index (χ0n) is 8.82. The van der Waals surface area contributed by atoms with Crippen LogP contribution in [0.5, 0.6) is 0 Å². The Bertz CT molecular complexity index is 461. The third-order valence-electron chi connectivity index (χ3n) is 2.11. The number of amides is 1. The molecule has 5 heteroatoms. The van der Waals surface area contributed by atoms with Gasteiger partial charge >= 0.3 is 0 Å². The topological polar surface area (TPSA) is 69.8 Å². The van der Waals surface area contributed by atoms with Crippen LogP contribution >= 0.6 is 0 Å². The summed E-state index contributed by atoms with van der Waals surface area (Å²) >= 11 is 0. The third-order valence-corrected chi connectivity index (χ3v) is 2.11. The maximum absolute atomic E-state index is 11.5. The normalized spacial score (nSPS) is 9.81. The number of imidazole rings is 1. The predicted molar refractivity (Wildman–Crippen MR) is 60.9 cm³/mol. The van der Waals surface area contributed by atoms with Gasteiger partial charge in [-0.1, -0.05) is 17.7 Å². The molecule has 0 spiro atoms. The minimum absolute atomic E-state index is 0.252. The van der Waals surface area contributed by atoms with Crippen LogP contribution in [-0.4, -0.2) is 15.9 Å². The van der Waals surface area contributed by atoms with E-state index in [9.17, 15) is 4.79 Å². The van der Waals surface area contributed by atoms with Crippen LogP contribution in [0.3, 0.4) is 0 Å². The lowest BCUT2D eigenvalue weighted by Crippen LogP contribution is -2.29. The van der Waals surface area contributed by atoms with Crippen molar-refractivity contribution in [1.29, 1.82) is 0 Å². The number of aromatic amines is 1. The molecular weight excluding hydrogens is 204 g/mol. The third kappa shape index (κ3) is 2.38. The molecule has 0 bridgehead atoms. The Morgan fingerprint density at radius 1 is 1.31 bits per heavy atom. The smallest absolute Gasteiger partial charge is 0.287 e. The van der Waals surface area contributed by atoms with Crippen molar-refractivity contribution >= 4 is 11.6 Å². The summed E-state index contributed by atoms with van der Waals surface area (Å²) in [5.41, 5.74) is 7.79. The van der Waals surface area contributed by atoms with Gasteiger partial charge in [-0.15, -0.1) is 0 Å². The van der Waals surface area contributed by atoms with E-state index in [1.54, 1.807) is 0 Å². The molecule has 1 aromatic carbocycles. The highest BCUT2D eigenvalue weighted by molar-refractivity contribution is 5.92. The van der Waals surface area contributed by atoms with Crippen LogP contribution < -0.4 is 10.9 Å². The first-order valence-corrected chi connectivity index (χ1v) is 4.87. The molecule has 0 aliphatic rings. The van der Waals surface area contributed by atoms with Crippen molar-refractivity contribution in [3.63, 3.8) is 0 Å². The number of hydrogen-bond donors (Lipinski definition) is 3. The summed E-state index contributed by atoms with van der Waals surface area (Å²) < 4.78 is 0. The SMILES string of the molecule is Cc1ccc(NNC(=O)c2cnc[nH]2)cc1. The van der Waals surface area contributed by atoms with Gasteiger partial charge in [-0.25, -0.2) is 4.98 Å². The number of carbonyl (C=O) groups excluding carboxylic acids is 1. The standard InChI is InChI=1S/C11H12N4O/c1-8-2-4-9(5-3-8)14-15-11(16)10-6-12-7-13-10/h2-7,14H,1H3,(H,12,13)(H,15,16). The number of nitrogens with one attached hydrogen (secondary N) is 3. The van der Waals surface area contributed by atoms with Crippen LogP contribution in [0.15, 0.2) is 36.8 Å². The van der Waals surface area contributed by atoms with Crippen molar-refractivity contribution in [3.05, 3.63) is 48.0 Å². The fourth-order valence-corrected chi connectivity index (χ4v) is 1.21. The van der Waals surface area contributed by atoms with Gasteiger partial charge in [-0.2, -0.15) is 0 Å². The lowest BCUT2D eigenvalue weighted by molar-refractivity contribution is 0.0958. The van der Waals surface area contributed by atoms with E-state index in [0.29, 0.717) is 5.69 Å². The second-order valence-electron chi connectivity index (χ2n) is 3.41. The maximum atomic E-state index is 11.5. The van der Waals surface area contributed by atoms with Gasteiger partial charge in [0.1, 0.15) is 5.69 Å². The number of nitrogens with zero attached hydrogens (tertiary/aromatic N) is 1. The molecule has 1 heterocycles. The molecule has 0 fully saturated rings. The average Bonchev–Trinajstić information content (AvgIpc) is 2.81. The van der Waals surface area contributed by atoms with Gasteiger partial charge in [-0.05, 0) is 19.1 Å². The Balaban J connectivity index is 1.93. The van der Waals surface area contributed by atoms with Gasteiger partial charge in [0.25, 0.3) is 5.91 Å². The minimum Gasteiger partial charge on any atom is -0.341 e. The van der Waals surface area contributed by atoms with Crippen molar-refractivity contribution in [2.45, 2.75) is 6.92 Å². The first-order valence-electron chi connectivity index (χ1n) is 4.87. The van der Waals surface area contributed by atoms with Gasteiger partial charge in [0, 0.05) is 0 Å². The van der Waals surface area contributed by atoms with E-state index in [-0.39, 0.29) is 5.91 Å².